The SMILES string of the molecule is Cc1ccc2c(-c3ccc4c(c3)C(C)(C)c3cc(-c5ccc6ccccc6c5)ccc3-4)c3ccccc3c(-c3ccc4c(c3)C(C)(C)c3ccccc3-4)c2c1. The van der Waals surface area contributed by atoms with Crippen LogP contribution in [0.15, 0.2) is 164 Å². The fourth-order valence-electron chi connectivity index (χ4n) is 10.2. The first kappa shape index (κ1) is 32.2. The number of aryl methyl sites for hydroxylation is 1. The first-order valence-corrected chi connectivity index (χ1v) is 19.7. The van der Waals surface area contributed by atoms with Crippen molar-refractivity contribution in [3.8, 4) is 55.6 Å². The van der Waals surface area contributed by atoms with Gasteiger partial charge in [-0.25, -0.2) is 0 Å². The summed E-state index contributed by atoms with van der Waals surface area (Å²) in [7, 11) is 0. The second-order valence-corrected chi connectivity index (χ2v) is 17.0. The van der Waals surface area contributed by atoms with Crippen LogP contribution in [-0.2, 0) is 10.8 Å². The molecule has 9 aromatic carbocycles. The van der Waals surface area contributed by atoms with E-state index in [-0.39, 0.29) is 10.8 Å². The summed E-state index contributed by atoms with van der Waals surface area (Å²) >= 11 is 0. The molecule has 0 bridgehead atoms. The zero-order chi connectivity index (χ0) is 37.2. The van der Waals surface area contributed by atoms with Crippen molar-refractivity contribution in [1.82, 2.24) is 0 Å². The molecule has 11 rings (SSSR count). The highest BCUT2D eigenvalue weighted by molar-refractivity contribution is 6.21. The van der Waals surface area contributed by atoms with Gasteiger partial charge >= 0.3 is 0 Å². The summed E-state index contributed by atoms with van der Waals surface area (Å²) in [6.45, 7) is 11.8. The van der Waals surface area contributed by atoms with Gasteiger partial charge in [0.15, 0.2) is 0 Å². The Balaban J connectivity index is 1.08. The summed E-state index contributed by atoms with van der Waals surface area (Å²) in [5, 5.41) is 7.76. The van der Waals surface area contributed by atoms with Crippen molar-refractivity contribution in [2.75, 3.05) is 0 Å². The van der Waals surface area contributed by atoms with Crippen molar-refractivity contribution in [1.29, 1.82) is 0 Å². The third-order valence-electron chi connectivity index (χ3n) is 13.1. The van der Waals surface area contributed by atoms with E-state index in [1.807, 2.05) is 0 Å². The van der Waals surface area contributed by atoms with Gasteiger partial charge in [0.05, 0.1) is 0 Å². The minimum atomic E-state index is -0.148. The van der Waals surface area contributed by atoms with Crippen LogP contribution >= 0.6 is 0 Å². The molecule has 0 nitrogen and oxygen atoms in total. The quantitative estimate of drug-likeness (QED) is 0.161. The monoisotopic (exact) mass is 702 g/mol. The van der Waals surface area contributed by atoms with E-state index in [0.29, 0.717) is 0 Å². The number of fused-ring (bicyclic) bond motifs is 9. The van der Waals surface area contributed by atoms with Gasteiger partial charge in [0.2, 0.25) is 0 Å². The lowest BCUT2D eigenvalue weighted by Crippen LogP contribution is -2.15. The minimum Gasteiger partial charge on any atom is -0.0619 e. The molecule has 0 aliphatic heterocycles. The van der Waals surface area contributed by atoms with Crippen LogP contribution < -0.4 is 0 Å². The van der Waals surface area contributed by atoms with Gasteiger partial charge in [-0.3, -0.25) is 0 Å². The van der Waals surface area contributed by atoms with Gasteiger partial charge in [-0.1, -0.05) is 173 Å². The molecule has 0 heterocycles. The Bertz CT molecular complexity index is 3100. The van der Waals surface area contributed by atoms with E-state index in [1.54, 1.807) is 0 Å². The van der Waals surface area contributed by atoms with Crippen molar-refractivity contribution in [2.45, 2.75) is 45.4 Å². The summed E-state index contributed by atoms with van der Waals surface area (Å²) < 4.78 is 0. The van der Waals surface area contributed by atoms with Gasteiger partial charge in [-0.15, -0.1) is 0 Å². The summed E-state index contributed by atoms with van der Waals surface area (Å²) in [4.78, 5) is 0. The molecule has 0 aromatic heterocycles. The standard InChI is InChI=1S/C55H42/c1-33-18-24-46-47(28-33)53(39-23-26-41-40-14-10-11-17-48(40)54(2,3)50(41)32-39)45-16-9-8-15-44(45)52(46)38-22-27-43-42-25-21-37(30-49(42)55(4,5)51(43)31-38)36-20-19-34-12-6-7-13-35(34)29-36/h6-32H,1-5H3. The summed E-state index contributed by atoms with van der Waals surface area (Å²) in [5.41, 5.74) is 19.8. The minimum absolute atomic E-state index is 0.0611. The van der Waals surface area contributed by atoms with E-state index >= 15 is 0 Å². The first-order valence-electron chi connectivity index (χ1n) is 19.7. The Morgan fingerprint density at radius 1 is 0.309 bits per heavy atom. The molecule has 2 aliphatic carbocycles. The molecule has 0 saturated carbocycles. The molecule has 0 spiro atoms. The lowest BCUT2D eigenvalue weighted by molar-refractivity contribution is 0.660. The molecular weight excluding hydrogens is 661 g/mol. The van der Waals surface area contributed by atoms with Crippen molar-refractivity contribution in [2.24, 2.45) is 0 Å². The van der Waals surface area contributed by atoms with Crippen LogP contribution in [-0.4, -0.2) is 0 Å². The van der Waals surface area contributed by atoms with Gasteiger partial charge in [-0.05, 0) is 141 Å². The zero-order valence-corrected chi connectivity index (χ0v) is 32.1. The lowest BCUT2D eigenvalue weighted by Gasteiger charge is -2.24. The van der Waals surface area contributed by atoms with Gasteiger partial charge in [0.1, 0.15) is 0 Å². The average molecular weight is 703 g/mol. The maximum absolute atomic E-state index is 2.50. The molecule has 0 radical (unpaired) electrons. The van der Waals surface area contributed by atoms with Crippen LogP contribution in [0, 0.1) is 6.92 Å². The Hall–Kier alpha value is -6.24. The number of rotatable bonds is 3. The normalized spacial score (nSPS) is 14.6. The average Bonchev–Trinajstić information content (AvgIpc) is 3.58. The molecule has 0 atom stereocenters. The molecule has 0 fully saturated rings. The highest BCUT2D eigenvalue weighted by atomic mass is 14.4. The molecule has 9 aromatic rings. The smallest absolute Gasteiger partial charge is 0.0159 e. The largest absolute Gasteiger partial charge is 0.0619 e. The molecule has 55 heavy (non-hydrogen) atoms. The fourth-order valence-corrected chi connectivity index (χ4v) is 10.2. The number of hydrogen-bond acceptors (Lipinski definition) is 0. The predicted molar refractivity (Wildman–Crippen MR) is 235 cm³/mol. The van der Waals surface area contributed by atoms with E-state index in [9.17, 15) is 0 Å². The Kier molecular flexibility index (Phi) is 6.67. The number of hydrogen-bond donors (Lipinski definition) is 0. The summed E-state index contributed by atoms with van der Waals surface area (Å²) in [6.07, 6.45) is 0. The van der Waals surface area contributed by atoms with Crippen LogP contribution in [0.4, 0.5) is 0 Å². The van der Waals surface area contributed by atoms with Crippen LogP contribution in [0.1, 0.15) is 55.5 Å². The molecule has 0 heteroatoms. The van der Waals surface area contributed by atoms with E-state index < -0.39 is 0 Å². The molecule has 262 valence electrons. The predicted octanol–water partition coefficient (Wildman–Crippen LogP) is 15.1. The van der Waals surface area contributed by atoms with Crippen molar-refractivity contribution in [3.63, 3.8) is 0 Å². The van der Waals surface area contributed by atoms with Crippen molar-refractivity contribution >= 4 is 32.3 Å². The van der Waals surface area contributed by atoms with E-state index in [4.69, 9.17) is 0 Å². The van der Waals surface area contributed by atoms with Crippen molar-refractivity contribution < 1.29 is 0 Å². The van der Waals surface area contributed by atoms with Gasteiger partial charge in [0.25, 0.3) is 0 Å². The Morgan fingerprint density at radius 3 is 1.44 bits per heavy atom. The van der Waals surface area contributed by atoms with Crippen LogP contribution in [0.3, 0.4) is 0 Å². The molecule has 0 saturated heterocycles. The second kappa shape index (κ2) is 11.4. The number of benzene rings is 9. The van der Waals surface area contributed by atoms with Gasteiger partial charge in [0, 0.05) is 10.8 Å². The van der Waals surface area contributed by atoms with Crippen LogP contribution in [0.25, 0.3) is 88.0 Å². The summed E-state index contributed by atoms with van der Waals surface area (Å²) in [5.74, 6) is 0. The second-order valence-electron chi connectivity index (χ2n) is 17.0. The van der Waals surface area contributed by atoms with Gasteiger partial charge in [-0.2, -0.15) is 0 Å². The zero-order valence-electron chi connectivity index (χ0n) is 32.1. The third-order valence-corrected chi connectivity index (χ3v) is 13.1. The highest BCUT2D eigenvalue weighted by Gasteiger charge is 2.37. The highest BCUT2D eigenvalue weighted by Crippen LogP contribution is 2.54. The Labute approximate surface area is 323 Å². The van der Waals surface area contributed by atoms with Crippen LogP contribution in [0.5, 0.6) is 0 Å². The fraction of sp³-hybridized carbons (Fsp3) is 0.127. The third kappa shape index (κ3) is 4.58. The molecule has 0 N–H and O–H groups in total. The summed E-state index contributed by atoms with van der Waals surface area (Å²) in [6, 6.07) is 62.1. The van der Waals surface area contributed by atoms with Crippen LogP contribution in [0.2, 0.25) is 0 Å². The van der Waals surface area contributed by atoms with E-state index in [2.05, 4.69) is 198 Å². The molecule has 2 aliphatic rings. The first-order chi connectivity index (χ1) is 26.7. The van der Waals surface area contributed by atoms with Crippen molar-refractivity contribution in [3.05, 3.63) is 192 Å². The van der Waals surface area contributed by atoms with E-state index in [0.717, 1.165) is 0 Å². The maximum atomic E-state index is 2.50. The molecule has 0 amide bonds. The maximum Gasteiger partial charge on any atom is 0.0159 e. The topological polar surface area (TPSA) is 0 Å². The van der Waals surface area contributed by atoms with Gasteiger partial charge < -0.3 is 0 Å². The molecular formula is C55H42. The lowest BCUT2D eigenvalue weighted by atomic mass is 9.79. The molecule has 0 unspecified atom stereocenters. The Morgan fingerprint density at radius 2 is 0.764 bits per heavy atom. The van der Waals surface area contributed by atoms with E-state index in [1.165, 1.54) is 116 Å².